The van der Waals surface area contributed by atoms with E-state index in [0.717, 1.165) is 18.5 Å². The van der Waals surface area contributed by atoms with Crippen LogP contribution in [0.25, 0.3) is 0 Å². The van der Waals surface area contributed by atoms with Gasteiger partial charge >= 0.3 is 0 Å². The molecule has 0 spiro atoms. The molecule has 106 valence electrons. The van der Waals surface area contributed by atoms with Gasteiger partial charge in [0.05, 0.1) is 11.3 Å². The summed E-state index contributed by atoms with van der Waals surface area (Å²) in [5.41, 5.74) is 2.84. The van der Waals surface area contributed by atoms with E-state index in [1.54, 1.807) is 12.1 Å². The van der Waals surface area contributed by atoms with Crippen LogP contribution in [0, 0.1) is 11.3 Å². The Hall–Kier alpha value is -1.50. The van der Waals surface area contributed by atoms with Crippen molar-refractivity contribution in [1.82, 2.24) is 0 Å². The Morgan fingerprint density at radius 3 is 2.67 bits per heavy atom. The molecule has 0 atom stereocenters. The second-order valence-electron chi connectivity index (χ2n) is 5.33. The minimum atomic E-state index is 0.396. The van der Waals surface area contributed by atoms with Crippen molar-refractivity contribution in [3.8, 4) is 6.07 Å². The molecule has 2 aromatic rings. The van der Waals surface area contributed by atoms with Crippen LogP contribution in [0.1, 0.15) is 29.9 Å². The highest BCUT2D eigenvalue weighted by molar-refractivity contribution is 9.10. The topological polar surface area (TPSA) is 35.8 Å². The largest absolute Gasteiger partial charge is 0.381 e. The van der Waals surface area contributed by atoms with Gasteiger partial charge in [-0.2, -0.15) is 5.26 Å². The van der Waals surface area contributed by atoms with Crippen LogP contribution < -0.4 is 5.32 Å². The maximum absolute atomic E-state index is 9.14. The monoisotopic (exact) mass is 360 g/mol. The Morgan fingerprint density at radius 1 is 1.19 bits per heavy atom. The van der Waals surface area contributed by atoms with Crippen molar-refractivity contribution >= 4 is 33.2 Å². The first-order valence-corrected chi connectivity index (χ1v) is 8.05. The molecule has 0 radical (unpaired) electrons. The Morgan fingerprint density at radius 2 is 1.95 bits per heavy atom. The number of rotatable bonds is 3. The summed E-state index contributed by atoms with van der Waals surface area (Å²) >= 11 is 9.62. The SMILES string of the molecule is N#Cc1ccc(Cl)cc1NC1CC(c2ccccc2Br)C1. The molecule has 0 unspecified atom stereocenters. The molecule has 0 heterocycles. The van der Waals surface area contributed by atoms with E-state index in [1.165, 1.54) is 10.0 Å². The van der Waals surface area contributed by atoms with Crippen LogP contribution in [-0.4, -0.2) is 6.04 Å². The molecule has 1 saturated carbocycles. The molecule has 0 bridgehead atoms. The van der Waals surface area contributed by atoms with E-state index in [9.17, 15) is 0 Å². The van der Waals surface area contributed by atoms with E-state index in [4.69, 9.17) is 16.9 Å². The van der Waals surface area contributed by atoms with Crippen molar-refractivity contribution in [2.24, 2.45) is 0 Å². The highest BCUT2D eigenvalue weighted by Crippen LogP contribution is 2.41. The van der Waals surface area contributed by atoms with Crippen LogP contribution in [-0.2, 0) is 0 Å². The van der Waals surface area contributed by atoms with Crippen LogP contribution in [0.3, 0.4) is 0 Å². The summed E-state index contributed by atoms with van der Waals surface area (Å²) in [4.78, 5) is 0. The number of nitrogens with one attached hydrogen (secondary N) is 1. The number of nitriles is 1. The molecule has 0 amide bonds. The van der Waals surface area contributed by atoms with Gasteiger partial charge < -0.3 is 5.32 Å². The molecule has 1 aliphatic carbocycles. The molecule has 1 aliphatic rings. The van der Waals surface area contributed by atoms with Crippen molar-refractivity contribution in [1.29, 1.82) is 5.26 Å². The van der Waals surface area contributed by atoms with Crippen molar-refractivity contribution in [3.05, 3.63) is 63.1 Å². The van der Waals surface area contributed by atoms with Crippen molar-refractivity contribution in [3.63, 3.8) is 0 Å². The number of nitrogens with zero attached hydrogens (tertiary/aromatic N) is 1. The number of halogens is 2. The highest BCUT2D eigenvalue weighted by Gasteiger charge is 2.31. The second-order valence-corrected chi connectivity index (χ2v) is 6.62. The summed E-state index contributed by atoms with van der Waals surface area (Å²) in [6, 6.07) is 16.3. The van der Waals surface area contributed by atoms with Crippen LogP contribution in [0.15, 0.2) is 46.9 Å². The zero-order chi connectivity index (χ0) is 14.8. The molecule has 2 nitrogen and oxygen atoms in total. The molecular weight excluding hydrogens is 348 g/mol. The van der Waals surface area contributed by atoms with Crippen LogP contribution in [0.5, 0.6) is 0 Å². The predicted octanol–water partition coefficient (Wildman–Crippen LogP) is 5.33. The van der Waals surface area contributed by atoms with E-state index in [1.807, 2.05) is 12.1 Å². The van der Waals surface area contributed by atoms with E-state index >= 15 is 0 Å². The van der Waals surface area contributed by atoms with Crippen LogP contribution in [0.2, 0.25) is 5.02 Å². The average Bonchev–Trinajstić information content (AvgIpc) is 2.44. The lowest BCUT2D eigenvalue weighted by atomic mass is 9.76. The smallest absolute Gasteiger partial charge is 0.101 e. The predicted molar refractivity (Wildman–Crippen MR) is 89.7 cm³/mol. The summed E-state index contributed by atoms with van der Waals surface area (Å²) in [5.74, 6) is 0.572. The van der Waals surface area contributed by atoms with Gasteiger partial charge in [0.15, 0.2) is 0 Å². The fourth-order valence-electron chi connectivity index (χ4n) is 2.75. The van der Waals surface area contributed by atoms with Crippen LogP contribution >= 0.6 is 27.5 Å². The third-order valence-electron chi connectivity index (χ3n) is 3.94. The lowest BCUT2D eigenvalue weighted by molar-refractivity contribution is 0.373. The first-order chi connectivity index (χ1) is 10.2. The maximum Gasteiger partial charge on any atom is 0.101 e. The van der Waals surface area contributed by atoms with E-state index in [2.05, 4.69) is 45.5 Å². The standard InChI is InChI=1S/C17H14BrClN2/c18-16-4-2-1-3-15(16)12-7-14(8-12)21-17-9-13(19)6-5-11(17)10-20/h1-6,9,12,14,21H,7-8H2. The molecule has 0 saturated heterocycles. The zero-order valence-electron chi connectivity index (χ0n) is 11.3. The highest BCUT2D eigenvalue weighted by atomic mass is 79.9. The summed E-state index contributed by atoms with van der Waals surface area (Å²) in [7, 11) is 0. The fourth-order valence-corrected chi connectivity index (χ4v) is 3.53. The van der Waals surface area contributed by atoms with Gasteiger partial charge in [0.1, 0.15) is 6.07 Å². The third kappa shape index (κ3) is 3.07. The summed E-state index contributed by atoms with van der Waals surface area (Å²) in [5, 5.41) is 13.2. The Balaban J connectivity index is 1.67. The minimum Gasteiger partial charge on any atom is -0.381 e. The normalized spacial score (nSPS) is 20.4. The molecule has 21 heavy (non-hydrogen) atoms. The van der Waals surface area contributed by atoms with Crippen molar-refractivity contribution in [2.45, 2.75) is 24.8 Å². The van der Waals surface area contributed by atoms with E-state index in [-0.39, 0.29) is 0 Å². The minimum absolute atomic E-state index is 0.396. The average molecular weight is 362 g/mol. The molecule has 2 aromatic carbocycles. The second kappa shape index (κ2) is 6.09. The van der Waals surface area contributed by atoms with Crippen molar-refractivity contribution in [2.75, 3.05) is 5.32 Å². The summed E-state index contributed by atoms with van der Waals surface area (Å²) in [6.45, 7) is 0. The van der Waals surface area contributed by atoms with Crippen LogP contribution in [0.4, 0.5) is 5.69 Å². The van der Waals surface area contributed by atoms with Gasteiger partial charge in [-0.1, -0.05) is 45.7 Å². The van der Waals surface area contributed by atoms with E-state index < -0.39 is 0 Å². The Bertz CT molecular complexity index is 702. The Kier molecular flexibility index (Phi) is 4.19. The first-order valence-electron chi connectivity index (χ1n) is 6.88. The molecule has 1 N–H and O–H groups in total. The molecular formula is C17H14BrClN2. The van der Waals surface area contributed by atoms with Gasteiger partial charge in [-0.3, -0.25) is 0 Å². The van der Waals surface area contributed by atoms with Gasteiger partial charge in [-0.05, 0) is 48.6 Å². The molecule has 1 fully saturated rings. The van der Waals surface area contributed by atoms with Gasteiger partial charge in [0.2, 0.25) is 0 Å². The number of hydrogen-bond donors (Lipinski definition) is 1. The Labute approximate surface area is 137 Å². The lowest BCUT2D eigenvalue weighted by Gasteiger charge is -2.37. The molecule has 3 rings (SSSR count). The lowest BCUT2D eigenvalue weighted by Crippen LogP contribution is -2.34. The van der Waals surface area contributed by atoms with Gasteiger partial charge in [0, 0.05) is 15.5 Å². The number of hydrogen-bond acceptors (Lipinski definition) is 2. The first kappa shape index (κ1) is 14.4. The molecule has 4 heteroatoms. The number of benzene rings is 2. The summed E-state index contributed by atoms with van der Waals surface area (Å²) in [6.07, 6.45) is 2.14. The maximum atomic E-state index is 9.14. The number of anilines is 1. The molecule has 0 aromatic heterocycles. The quantitative estimate of drug-likeness (QED) is 0.801. The fraction of sp³-hybridized carbons (Fsp3) is 0.235. The van der Waals surface area contributed by atoms with Crippen molar-refractivity contribution < 1.29 is 0 Å². The zero-order valence-corrected chi connectivity index (χ0v) is 13.7. The van der Waals surface area contributed by atoms with Gasteiger partial charge in [-0.15, -0.1) is 0 Å². The van der Waals surface area contributed by atoms with Gasteiger partial charge in [0.25, 0.3) is 0 Å². The third-order valence-corrected chi connectivity index (χ3v) is 4.90. The summed E-state index contributed by atoms with van der Waals surface area (Å²) < 4.78 is 1.17. The molecule has 0 aliphatic heterocycles. The van der Waals surface area contributed by atoms with E-state index in [0.29, 0.717) is 22.5 Å². The van der Waals surface area contributed by atoms with Gasteiger partial charge in [-0.25, -0.2) is 0 Å².